The Hall–Kier alpha value is -1.26. The van der Waals surface area contributed by atoms with Crippen molar-refractivity contribution >= 4 is 17.5 Å². The molecule has 1 saturated carbocycles. The Morgan fingerprint density at radius 2 is 2.16 bits per heavy atom. The first kappa shape index (κ1) is 14.2. The van der Waals surface area contributed by atoms with Crippen molar-refractivity contribution in [1.29, 1.82) is 0 Å². The summed E-state index contributed by atoms with van der Waals surface area (Å²) in [6.07, 6.45) is 3.17. The van der Waals surface area contributed by atoms with Crippen LogP contribution in [0.4, 0.5) is 0 Å². The molecule has 5 heteroatoms. The van der Waals surface area contributed by atoms with E-state index in [-0.39, 0.29) is 25.2 Å². The molecule has 2 rings (SSSR count). The lowest BCUT2D eigenvalue weighted by atomic mass is 9.91. The van der Waals surface area contributed by atoms with Crippen molar-refractivity contribution < 1.29 is 14.6 Å². The Morgan fingerprint density at radius 1 is 1.42 bits per heavy atom. The van der Waals surface area contributed by atoms with Gasteiger partial charge in [0.05, 0.1) is 11.6 Å². The molecule has 0 saturated heterocycles. The molecule has 0 radical (unpaired) electrons. The molecule has 0 aromatic heterocycles. The lowest BCUT2D eigenvalue weighted by molar-refractivity contribution is -0.138. The van der Waals surface area contributed by atoms with Crippen LogP contribution in [-0.2, 0) is 4.79 Å². The highest BCUT2D eigenvalue weighted by Gasteiger charge is 2.28. The van der Waals surface area contributed by atoms with Gasteiger partial charge in [0.1, 0.15) is 5.75 Å². The fourth-order valence-electron chi connectivity index (χ4n) is 2.10. The average Bonchev–Trinajstić information content (AvgIpc) is 2.35. The number of hydrogen-bond acceptors (Lipinski definition) is 3. The number of hydrogen-bond donors (Lipinski definition) is 1. The maximum atomic E-state index is 12.1. The Labute approximate surface area is 117 Å². The summed E-state index contributed by atoms with van der Waals surface area (Å²) in [5.41, 5.74) is 0. The molecular formula is C14H18ClNO3. The first-order valence-corrected chi connectivity index (χ1v) is 6.88. The molecule has 0 bridgehead atoms. The van der Waals surface area contributed by atoms with Gasteiger partial charge in [-0.05, 0) is 31.4 Å². The Balaban J connectivity index is 1.90. The minimum Gasteiger partial charge on any atom is -0.482 e. The summed E-state index contributed by atoms with van der Waals surface area (Å²) in [5, 5.41) is 9.52. The molecule has 0 unspecified atom stereocenters. The predicted molar refractivity (Wildman–Crippen MR) is 73.4 cm³/mol. The summed E-state index contributed by atoms with van der Waals surface area (Å²) in [6.45, 7) is 0.309. The zero-order valence-electron chi connectivity index (χ0n) is 10.7. The summed E-state index contributed by atoms with van der Waals surface area (Å²) in [5.74, 6) is 0.411. The van der Waals surface area contributed by atoms with Crippen molar-refractivity contribution in [2.75, 3.05) is 19.8 Å². The van der Waals surface area contributed by atoms with Crippen molar-refractivity contribution in [2.45, 2.75) is 25.3 Å². The van der Waals surface area contributed by atoms with Crippen molar-refractivity contribution in [3.63, 3.8) is 0 Å². The summed E-state index contributed by atoms with van der Waals surface area (Å²) in [6, 6.07) is 7.33. The van der Waals surface area contributed by atoms with Gasteiger partial charge in [-0.25, -0.2) is 0 Å². The van der Waals surface area contributed by atoms with Crippen LogP contribution in [0.25, 0.3) is 0 Å². The van der Waals surface area contributed by atoms with E-state index in [1.807, 2.05) is 12.1 Å². The molecule has 1 aliphatic rings. The van der Waals surface area contributed by atoms with E-state index in [9.17, 15) is 4.79 Å². The van der Waals surface area contributed by atoms with Crippen LogP contribution in [-0.4, -0.2) is 41.7 Å². The van der Waals surface area contributed by atoms with Crippen molar-refractivity contribution in [2.24, 2.45) is 0 Å². The Morgan fingerprint density at radius 3 is 2.74 bits per heavy atom. The number of nitrogens with zero attached hydrogens (tertiary/aromatic N) is 1. The topological polar surface area (TPSA) is 49.8 Å². The van der Waals surface area contributed by atoms with Gasteiger partial charge >= 0.3 is 0 Å². The smallest absolute Gasteiger partial charge is 0.260 e. The van der Waals surface area contributed by atoms with E-state index in [1.165, 1.54) is 0 Å². The van der Waals surface area contributed by atoms with E-state index in [4.69, 9.17) is 21.4 Å². The second kappa shape index (κ2) is 6.78. The first-order valence-electron chi connectivity index (χ1n) is 6.50. The first-order chi connectivity index (χ1) is 9.22. The fourth-order valence-corrected chi connectivity index (χ4v) is 2.29. The van der Waals surface area contributed by atoms with Crippen molar-refractivity contribution in [3.8, 4) is 5.75 Å². The van der Waals surface area contributed by atoms with Gasteiger partial charge in [-0.2, -0.15) is 0 Å². The summed E-state index contributed by atoms with van der Waals surface area (Å²) in [4.78, 5) is 13.8. The molecule has 0 spiro atoms. The normalized spacial score (nSPS) is 14.8. The number of carbonyl (C=O) groups excluding carboxylic acids is 1. The summed E-state index contributed by atoms with van der Waals surface area (Å²) < 4.78 is 5.44. The lowest BCUT2D eigenvalue weighted by Crippen LogP contribution is -2.47. The molecule has 1 fully saturated rings. The van der Waals surface area contributed by atoms with Gasteiger partial charge in [0.25, 0.3) is 5.91 Å². The van der Waals surface area contributed by atoms with E-state index in [2.05, 4.69) is 0 Å². The molecule has 1 aliphatic carbocycles. The molecule has 0 atom stereocenters. The molecule has 1 N–H and O–H groups in total. The largest absolute Gasteiger partial charge is 0.482 e. The highest BCUT2D eigenvalue weighted by atomic mass is 35.5. The molecule has 0 aliphatic heterocycles. The van der Waals surface area contributed by atoms with Crippen LogP contribution in [0.5, 0.6) is 5.75 Å². The molecule has 1 aromatic carbocycles. The SMILES string of the molecule is O=C(COc1ccccc1Cl)N(CCO)C1CCC1. The van der Waals surface area contributed by atoms with Gasteiger partial charge in [0.2, 0.25) is 0 Å². The molecular weight excluding hydrogens is 266 g/mol. The van der Waals surface area contributed by atoms with Gasteiger partial charge in [-0.1, -0.05) is 23.7 Å². The van der Waals surface area contributed by atoms with E-state index >= 15 is 0 Å². The zero-order chi connectivity index (χ0) is 13.7. The molecule has 19 heavy (non-hydrogen) atoms. The third kappa shape index (κ3) is 3.61. The number of benzene rings is 1. The van der Waals surface area contributed by atoms with E-state index in [0.29, 0.717) is 17.3 Å². The number of ether oxygens (including phenoxy) is 1. The molecule has 1 aromatic rings. The number of halogens is 1. The van der Waals surface area contributed by atoms with E-state index < -0.39 is 0 Å². The second-order valence-corrected chi connectivity index (χ2v) is 5.02. The van der Waals surface area contributed by atoms with Gasteiger partial charge < -0.3 is 14.7 Å². The average molecular weight is 284 g/mol. The summed E-state index contributed by atoms with van der Waals surface area (Å²) >= 11 is 5.96. The highest BCUT2D eigenvalue weighted by molar-refractivity contribution is 6.32. The highest BCUT2D eigenvalue weighted by Crippen LogP contribution is 2.26. The van der Waals surface area contributed by atoms with Gasteiger partial charge in [0.15, 0.2) is 6.61 Å². The van der Waals surface area contributed by atoms with Crippen LogP contribution in [0, 0.1) is 0 Å². The Bertz CT molecular complexity index is 434. The van der Waals surface area contributed by atoms with Gasteiger partial charge in [0, 0.05) is 12.6 Å². The number of carbonyl (C=O) groups is 1. The maximum absolute atomic E-state index is 12.1. The van der Waals surface area contributed by atoms with Crippen LogP contribution in [0.15, 0.2) is 24.3 Å². The van der Waals surface area contributed by atoms with Gasteiger partial charge in [-0.3, -0.25) is 4.79 Å². The number of rotatable bonds is 6. The predicted octanol–water partition coefficient (Wildman–Crippen LogP) is 2.09. The molecule has 104 valence electrons. The molecule has 4 nitrogen and oxygen atoms in total. The van der Waals surface area contributed by atoms with Crippen LogP contribution in [0.1, 0.15) is 19.3 Å². The fraction of sp³-hybridized carbons (Fsp3) is 0.500. The number of aliphatic hydroxyl groups excluding tert-OH is 1. The number of aliphatic hydroxyl groups is 1. The second-order valence-electron chi connectivity index (χ2n) is 4.61. The third-order valence-corrected chi connectivity index (χ3v) is 3.68. The van der Waals surface area contributed by atoms with E-state index in [0.717, 1.165) is 19.3 Å². The zero-order valence-corrected chi connectivity index (χ0v) is 11.5. The standard InChI is InChI=1S/C14H18ClNO3/c15-12-6-1-2-7-13(12)19-10-14(18)16(8-9-17)11-4-3-5-11/h1-2,6-7,11,17H,3-5,8-10H2. The lowest BCUT2D eigenvalue weighted by Gasteiger charge is -2.37. The van der Waals surface area contributed by atoms with Crippen LogP contribution >= 0.6 is 11.6 Å². The third-order valence-electron chi connectivity index (χ3n) is 3.36. The monoisotopic (exact) mass is 283 g/mol. The number of amides is 1. The van der Waals surface area contributed by atoms with E-state index in [1.54, 1.807) is 17.0 Å². The van der Waals surface area contributed by atoms with Crippen LogP contribution in [0.2, 0.25) is 5.02 Å². The number of para-hydroxylation sites is 1. The van der Waals surface area contributed by atoms with Crippen LogP contribution in [0.3, 0.4) is 0 Å². The molecule has 0 heterocycles. The van der Waals surface area contributed by atoms with Crippen molar-refractivity contribution in [3.05, 3.63) is 29.3 Å². The quantitative estimate of drug-likeness (QED) is 0.870. The maximum Gasteiger partial charge on any atom is 0.260 e. The van der Waals surface area contributed by atoms with Crippen LogP contribution < -0.4 is 4.74 Å². The molecule has 1 amide bonds. The van der Waals surface area contributed by atoms with Crippen molar-refractivity contribution in [1.82, 2.24) is 4.90 Å². The Kier molecular flexibility index (Phi) is 5.05. The summed E-state index contributed by atoms with van der Waals surface area (Å²) in [7, 11) is 0. The minimum absolute atomic E-state index is 0.0195. The van der Waals surface area contributed by atoms with Gasteiger partial charge in [-0.15, -0.1) is 0 Å². The minimum atomic E-state index is -0.0985.